The third-order valence-corrected chi connectivity index (χ3v) is 4.74. The lowest BCUT2D eigenvalue weighted by molar-refractivity contribution is 0.0979. The smallest absolute Gasteiger partial charge is 0.187 e. The van der Waals surface area contributed by atoms with Crippen molar-refractivity contribution in [1.29, 1.82) is 5.26 Å². The van der Waals surface area contributed by atoms with Crippen molar-refractivity contribution in [3.63, 3.8) is 0 Å². The Bertz CT molecular complexity index is 1090. The van der Waals surface area contributed by atoms with Gasteiger partial charge in [0.25, 0.3) is 0 Å². The number of carbonyl (C=O) groups is 1. The highest BCUT2D eigenvalue weighted by Crippen LogP contribution is 2.28. The van der Waals surface area contributed by atoms with Gasteiger partial charge in [0, 0.05) is 35.1 Å². The van der Waals surface area contributed by atoms with Gasteiger partial charge in [-0.3, -0.25) is 9.78 Å². The summed E-state index contributed by atoms with van der Waals surface area (Å²) < 4.78 is 1.81. The van der Waals surface area contributed by atoms with E-state index in [2.05, 4.69) is 21.0 Å². The fourth-order valence-electron chi connectivity index (χ4n) is 2.54. The van der Waals surface area contributed by atoms with E-state index in [1.54, 1.807) is 43.2 Å². The SMILES string of the molecule is N#CC(C(=O)c1ccn2cncc2c1)c1nc(-c2ccncc2)cs1. The van der Waals surface area contributed by atoms with E-state index < -0.39 is 5.92 Å². The van der Waals surface area contributed by atoms with Crippen molar-refractivity contribution in [3.05, 3.63) is 71.3 Å². The standard InChI is InChI=1S/C18H11N5OS/c19-8-15(17(24)13-3-6-23-11-21-9-14(23)7-13)18-22-16(10-25-18)12-1-4-20-5-2-12/h1-7,9-11,15H. The third kappa shape index (κ3) is 2.79. The van der Waals surface area contributed by atoms with Crippen molar-refractivity contribution in [1.82, 2.24) is 19.4 Å². The van der Waals surface area contributed by atoms with Crippen molar-refractivity contribution in [2.24, 2.45) is 0 Å². The maximum absolute atomic E-state index is 12.8. The molecule has 0 bridgehead atoms. The van der Waals surface area contributed by atoms with Crippen LogP contribution in [0.3, 0.4) is 0 Å². The first kappa shape index (κ1) is 15.2. The second-order valence-corrected chi connectivity index (χ2v) is 6.26. The predicted octanol–water partition coefficient (Wildman–Crippen LogP) is 3.34. The zero-order chi connectivity index (χ0) is 17.2. The molecule has 0 amide bonds. The van der Waals surface area contributed by atoms with Gasteiger partial charge in [-0.05, 0) is 24.3 Å². The second kappa shape index (κ2) is 6.26. The van der Waals surface area contributed by atoms with E-state index in [0.717, 1.165) is 16.8 Å². The molecule has 6 nitrogen and oxygen atoms in total. The molecule has 0 fully saturated rings. The molecule has 0 spiro atoms. The van der Waals surface area contributed by atoms with Crippen LogP contribution < -0.4 is 0 Å². The lowest BCUT2D eigenvalue weighted by atomic mass is 10.00. The normalized spacial score (nSPS) is 12.0. The third-order valence-electron chi connectivity index (χ3n) is 3.83. The van der Waals surface area contributed by atoms with Crippen LogP contribution in [0.1, 0.15) is 21.3 Å². The number of thiazole rings is 1. The molecule has 0 aliphatic carbocycles. The van der Waals surface area contributed by atoms with E-state index >= 15 is 0 Å². The van der Waals surface area contributed by atoms with Crippen molar-refractivity contribution >= 4 is 22.6 Å². The number of hydrogen-bond donors (Lipinski definition) is 0. The van der Waals surface area contributed by atoms with Crippen LogP contribution in [0.15, 0.2) is 60.8 Å². The van der Waals surface area contributed by atoms with Crippen LogP contribution >= 0.6 is 11.3 Å². The molecular weight excluding hydrogens is 334 g/mol. The summed E-state index contributed by atoms with van der Waals surface area (Å²) in [6, 6.07) is 9.20. The topological polar surface area (TPSA) is 83.9 Å². The summed E-state index contributed by atoms with van der Waals surface area (Å²) in [7, 11) is 0. The summed E-state index contributed by atoms with van der Waals surface area (Å²) in [6.45, 7) is 0. The van der Waals surface area contributed by atoms with Crippen LogP contribution in [0, 0.1) is 11.3 Å². The summed E-state index contributed by atoms with van der Waals surface area (Å²) >= 11 is 1.31. The van der Waals surface area contributed by atoms with Gasteiger partial charge in [-0.2, -0.15) is 5.26 Å². The number of nitriles is 1. The Balaban J connectivity index is 1.67. The summed E-state index contributed by atoms with van der Waals surface area (Å²) in [4.78, 5) is 25.3. The minimum Gasteiger partial charge on any atom is -0.306 e. The Morgan fingerprint density at radius 3 is 2.88 bits per heavy atom. The summed E-state index contributed by atoms with van der Waals surface area (Å²) in [5.74, 6) is -1.19. The molecule has 1 atom stereocenters. The summed E-state index contributed by atoms with van der Waals surface area (Å²) in [5, 5.41) is 11.9. The molecule has 120 valence electrons. The number of nitrogens with zero attached hydrogens (tertiary/aromatic N) is 5. The highest BCUT2D eigenvalue weighted by molar-refractivity contribution is 7.10. The number of pyridine rings is 2. The number of ketones is 1. The molecule has 4 heterocycles. The Morgan fingerprint density at radius 1 is 1.24 bits per heavy atom. The maximum atomic E-state index is 12.8. The largest absolute Gasteiger partial charge is 0.306 e. The van der Waals surface area contributed by atoms with Gasteiger partial charge < -0.3 is 4.40 Å². The van der Waals surface area contributed by atoms with Crippen LogP contribution in [0.25, 0.3) is 16.8 Å². The number of carbonyl (C=O) groups excluding carboxylic acids is 1. The van der Waals surface area contributed by atoms with Gasteiger partial charge in [0.15, 0.2) is 11.7 Å². The zero-order valence-electron chi connectivity index (χ0n) is 12.9. The molecule has 1 unspecified atom stereocenters. The Hall–Kier alpha value is -3.37. The van der Waals surface area contributed by atoms with Crippen molar-refractivity contribution in [2.75, 3.05) is 0 Å². The highest BCUT2D eigenvalue weighted by atomic mass is 32.1. The maximum Gasteiger partial charge on any atom is 0.187 e. The molecule has 25 heavy (non-hydrogen) atoms. The van der Waals surface area contributed by atoms with Gasteiger partial charge >= 0.3 is 0 Å². The molecule has 7 heteroatoms. The number of rotatable bonds is 4. The van der Waals surface area contributed by atoms with Crippen LogP contribution in [-0.4, -0.2) is 25.1 Å². The molecule has 0 aromatic carbocycles. The van der Waals surface area contributed by atoms with Gasteiger partial charge in [0.1, 0.15) is 5.01 Å². The van der Waals surface area contributed by atoms with Crippen molar-refractivity contribution in [3.8, 4) is 17.3 Å². The van der Waals surface area contributed by atoms with E-state index in [1.807, 2.05) is 21.9 Å². The minimum atomic E-state index is -0.925. The molecule has 0 aliphatic rings. The average Bonchev–Trinajstić information content (AvgIpc) is 3.32. The molecule has 4 aromatic heterocycles. The average molecular weight is 345 g/mol. The number of imidazole rings is 1. The quantitative estimate of drug-likeness (QED) is 0.530. The molecule has 4 rings (SSSR count). The van der Waals surface area contributed by atoms with Gasteiger partial charge in [0.05, 0.1) is 29.8 Å². The molecule has 0 aliphatic heterocycles. The summed E-state index contributed by atoms with van der Waals surface area (Å²) in [6.07, 6.45) is 8.45. The molecule has 0 N–H and O–H groups in total. The van der Waals surface area contributed by atoms with E-state index in [9.17, 15) is 10.1 Å². The second-order valence-electron chi connectivity index (χ2n) is 5.37. The fraction of sp³-hybridized carbons (Fsp3) is 0.0556. The van der Waals surface area contributed by atoms with E-state index in [0.29, 0.717) is 10.6 Å². The lowest BCUT2D eigenvalue weighted by Gasteiger charge is -2.06. The number of Topliss-reactive ketones (excluding diaryl/α,β-unsaturated/α-hetero) is 1. The highest BCUT2D eigenvalue weighted by Gasteiger charge is 2.25. The number of fused-ring (bicyclic) bond motifs is 1. The monoisotopic (exact) mass is 345 g/mol. The number of aromatic nitrogens is 4. The van der Waals surface area contributed by atoms with Crippen LogP contribution in [0.5, 0.6) is 0 Å². The minimum absolute atomic E-state index is 0.262. The predicted molar refractivity (Wildman–Crippen MR) is 93.2 cm³/mol. The van der Waals surface area contributed by atoms with Gasteiger partial charge in [-0.25, -0.2) is 9.97 Å². The van der Waals surface area contributed by atoms with Gasteiger partial charge in [0.2, 0.25) is 0 Å². The lowest BCUT2D eigenvalue weighted by Crippen LogP contribution is -2.11. The first-order valence-corrected chi connectivity index (χ1v) is 8.35. The van der Waals surface area contributed by atoms with E-state index in [-0.39, 0.29) is 5.78 Å². The summed E-state index contributed by atoms with van der Waals surface area (Å²) in [5.41, 5.74) is 2.92. The Labute approximate surface area is 147 Å². The fourth-order valence-corrected chi connectivity index (χ4v) is 3.41. The van der Waals surface area contributed by atoms with Gasteiger partial charge in [-0.1, -0.05) is 0 Å². The van der Waals surface area contributed by atoms with Crippen LogP contribution in [-0.2, 0) is 0 Å². The molecule has 0 saturated heterocycles. The van der Waals surface area contributed by atoms with E-state index in [1.165, 1.54) is 11.3 Å². The molecule has 0 radical (unpaired) electrons. The van der Waals surface area contributed by atoms with Crippen LogP contribution in [0.2, 0.25) is 0 Å². The zero-order valence-corrected chi connectivity index (χ0v) is 13.7. The van der Waals surface area contributed by atoms with Gasteiger partial charge in [-0.15, -0.1) is 11.3 Å². The van der Waals surface area contributed by atoms with Crippen molar-refractivity contribution in [2.45, 2.75) is 5.92 Å². The number of hydrogen-bond acceptors (Lipinski definition) is 6. The first-order valence-electron chi connectivity index (χ1n) is 7.47. The van der Waals surface area contributed by atoms with Crippen molar-refractivity contribution < 1.29 is 4.79 Å². The Morgan fingerprint density at radius 2 is 2.08 bits per heavy atom. The molecular formula is C18H11N5OS. The Kier molecular flexibility index (Phi) is 3.80. The first-order chi connectivity index (χ1) is 12.3. The molecule has 4 aromatic rings. The molecule has 0 saturated carbocycles. The van der Waals surface area contributed by atoms with E-state index in [4.69, 9.17) is 0 Å². The van der Waals surface area contributed by atoms with Crippen LogP contribution in [0.4, 0.5) is 0 Å².